The molecule has 0 atom stereocenters. The predicted octanol–water partition coefficient (Wildman–Crippen LogP) is 6.30. The van der Waals surface area contributed by atoms with Crippen LogP contribution in [0.25, 0.3) is 33.5 Å². The molecule has 0 unspecified atom stereocenters. The minimum atomic E-state index is 0.766. The quantitative estimate of drug-likeness (QED) is 0.432. The van der Waals surface area contributed by atoms with Gasteiger partial charge in [0.1, 0.15) is 0 Å². The molecular formula is C23H22N2. The largest absolute Gasteiger partial charge is 0.228 e. The molecule has 0 aliphatic heterocycles. The van der Waals surface area contributed by atoms with E-state index in [0.717, 1.165) is 33.5 Å². The van der Waals surface area contributed by atoms with Crippen LogP contribution in [0.1, 0.15) is 19.4 Å². The van der Waals surface area contributed by atoms with E-state index in [2.05, 4.69) is 49.4 Å². The molecule has 0 bridgehead atoms. The lowest BCUT2D eigenvalue weighted by Crippen LogP contribution is -1.95. The summed E-state index contributed by atoms with van der Waals surface area (Å²) in [6.45, 7) is 6.08. The van der Waals surface area contributed by atoms with Crippen molar-refractivity contribution in [2.24, 2.45) is 0 Å². The molecule has 0 saturated heterocycles. The monoisotopic (exact) mass is 326 g/mol. The molecule has 0 aliphatic carbocycles. The summed E-state index contributed by atoms with van der Waals surface area (Å²) in [7, 11) is 0. The van der Waals surface area contributed by atoms with Gasteiger partial charge in [-0.2, -0.15) is 0 Å². The van der Waals surface area contributed by atoms with E-state index < -0.39 is 0 Å². The zero-order chi connectivity index (χ0) is 17.6. The number of nitrogens with zero attached hydrogens (tertiary/aromatic N) is 2. The Kier molecular flexibility index (Phi) is 5.20. The number of benzene rings is 3. The van der Waals surface area contributed by atoms with Crippen molar-refractivity contribution in [1.29, 1.82) is 0 Å². The molecule has 0 aliphatic rings. The number of hydrogen-bond acceptors (Lipinski definition) is 2. The van der Waals surface area contributed by atoms with E-state index in [0.29, 0.717) is 0 Å². The van der Waals surface area contributed by atoms with Crippen LogP contribution in [0.3, 0.4) is 0 Å². The number of para-hydroxylation sites is 1. The first-order chi connectivity index (χ1) is 12.3. The van der Waals surface area contributed by atoms with Gasteiger partial charge < -0.3 is 0 Å². The van der Waals surface area contributed by atoms with Crippen LogP contribution in [0.15, 0.2) is 78.9 Å². The van der Waals surface area contributed by atoms with E-state index in [-0.39, 0.29) is 0 Å². The fourth-order valence-electron chi connectivity index (χ4n) is 2.72. The molecule has 124 valence electrons. The van der Waals surface area contributed by atoms with Crippen molar-refractivity contribution in [2.45, 2.75) is 20.8 Å². The number of aryl methyl sites for hydroxylation is 1. The summed E-state index contributed by atoms with van der Waals surface area (Å²) in [5.41, 5.74) is 5.33. The van der Waals surface area contributed by atoms with Gasteiger partial charge in [0, 0.05) is 16.5 Å². The van der Waals surface area contributed by atoms with E-state index in [9.17, 15) is 0 Å². The third kappa shape index (κ3) is 3.58. The maximum atomic E-state index is 4.86. The fourth-order valence-corrected chi connectivity index (χ4v) is 2.72. The van der Waals surface area contributed by atoms with E-state index >= 15 is 0 Å². The number of rotatable bonds is 2. The Hall–Kier alpha value is -3.00. The molecule has 0 saturated carbocycles. The van der Waals surface area contributed by atoms with Crippen LogP contribution >= 0.6 is 0 Å². The third-order valence-corrected chi connectivity index (χ3v) is 3.96. The Labute approximate surface area is 149 Å². The lowest BCUT2D eigenvalue weighted by atomic mass is 10.1. The van der Waals surface area contributed by atoms with Crippen molar-refractivity contribution in [3.05, 3.63) is 84.4 Å². The van der Waals surface area contributed by atoms with Crippen molar-refractivity contribution in [3.8, 4) is 22.6 Å². The Morgan fingerprint density at radius 1 is 0.600 bits per heavy atom. The molecule has 4 rings (SSSR count). The van der Waals surface area contributed by atoms with Gasteiger partial charge in [-0.05, 0) is 13.0 Å². The van der Waals surface area contributed by atoms with Crippen LogP contribution in [0.5, 0.6) is 0 Å². The highest BCUT2D eigenvalue weighted by Gasteiger charge is 2.10. The molecule has 0 spiro atoms. The number of hydrogen-bond donors (Lipinski definition) is 0. The highest BCUT2D eigenvalue weighted by molar-refractivity contribution is 5.93. The van der Waals surface area contributed by atoms with E-state index in [1.54, 1.807) is 0 Å². The summed E-state index contributed by atoms with van der Waals surface area (Å²) in [6.07, 6.45) is 0. The Balaban J connectivity index is 0.000000880. The van der Waals surface area contributed by atoms with Crippen LogP contribution in [0, 0.1) is 6.92 Å². The van der Waals surface area contributed by atoms with Crippen molar-refractivity contribution < 1.29 is 0 Å². The predicted molar refractivity (Wildman–Crippen MR) is 106 cm³/mol. The Morgan fingerprint density at radius 3 is 1.96 bits per heavy atom. The van der Waals surface area contributed by atoms with Gasteiger partial charge in [-0.15, -0.1) is 0 Å². The van der Waals surface area contributed by atoms with Crippen molar-refractivity contribution in [3.63, 3.8) is 0 Å². The normalized spacial score (nSPS) is 10.2. The summed E-state index contributed by atoms with van der Waals surface area (Å²) in [4.78, 5) is 9.61. The average molecular weight is 326 g/mol. The molecule has 2 nitrogen and oxygen atoms in total. The fraction of sp³-hybridized carbons (Fsp3) is 0.130. The molecule has 0 fully saturated rings. The summed E-state index contributed by atoms with van der Waals surface area (Å²) in [5, 5.41) is 1.08. The van der Waals surface area contributed by atoms with E-state index in [1.807, 2.05) is 50.2 Å². The van der Waals surface area contributed by atoms with Crippen LogP contribution < -0.4 is 0 Å². The van der Waals surface area contributed by atoms with Crippen molar-refractivity contribution in [1.82, 2.24) is 9.97 Å². The Bertz CT molecular complexity index is 958. The SMILES string of the molecule is CC.Cc1ccc(-c2nc(-c3ccccc3)c3ccccc3n2)cc1. The lowest BCUT2D eigenvalue weighted by molar-refractivity contribution is 1.23. The minimum absolute atomic E-state index is 0.766. The Morgan fingerprint density at radius 2 is 1.24 bits per heavy atom. The summed E-state index contributed by atoms with van der Waals surface area (Å²) in [6, 6.07) is 26.8. The highest BCUT2D eigenvalue weighted by atomic mass is 14.9. The summed E-state index contributed by atoms with van der Waals surface area (Å²) in [5.74, 6) is 0.766. The smallest absolute Gasteiger partial charge is 0.160 e. The molecule has 4 aromatic rings. The van der Waals surface area contributed by atoms with Crippen LogP contribution in [-0.4, -0.2) is 9.97 Å². The van der Waals surface area contributed by atoms with Gasteiger partial charge in [-0.3, -0.25) is 0 Å². The molecule has 1 heterocycles. The van der Waals surface area contributed by atoms with E-state index in [4.69, 9.17) is 9.97 Å². The minimum Gasteiger partial charge on any atom is -0.228 e. The standard InChI is InChI=1S/C21H16N2.C2H6/c1-15-11-13-17(14-12-15)21-22-19-10-6-5-9-18(19)20(23-21)16-7-3-2-4-8-16;1-2/h2-14H,1H3;1-2H3. The zero-order valence-corrected chi connectivity index (χ0v) is 14.9. The van der Waals surface area contributed by atoms with Crippen LogP contribution in [0.2, 0.25) is 0 Å². The van der Waals surface area contributed by atoms with E-state index in [1.165, 1.54) is 5.56 Å². The van der Waals surface area contributed by atoms with Gasteiger partial charge in [-0.1, -0.05) is 92.2 Å². The van der Waals surface area contributed by atoms with Gasteiger partial charge in [0.05, 0.1) is 11.2 Å². The molecule has 25 heavy (non-hydrogen) atoms. The number of aromatic nitrogens is 2. The van der Waals surface area contributed by atoms with Gasteiger partial charge >= 0.3 is 0 Å². The molecular weight excluding hydrogens is 304 g/mol. The zero-order valence-electron chi connectivity index (χ0n) is 14.9. The first kappa shape index (κ1) is 16.8. The summed E-state index contributed by atoms with van der Waals surface area (Å²) >= 11 is 0. The molecule has 0 N–H and O–H groups in total. The van der Waals surface area contributed by atoms with Crippen molar-refractivity contribution in [2.75, 3.05) is 0 Å². The third-order valence-electron chi connectivity index (χ3n) is 3.96. The maximum Gasteiger partial charge on any atom is 0.160 e. The molecule has 0 amide bonds. The highest BCUT2D eigenvalue weighted by Crippen LogP contribution is 2.28. The van der Waals surface area contributed by atoms with Gasteiger partial charge in [0.25, 0.3) is 0 Å². The topological polar surface area (TPSA) is 25.8 Å². The first-order valence-electron chi connectivity index (χ1n) is 8.70. The second kappa shape index (κ2) is 7.71. The second-order valence-corrected chi connectivity index (χ2v) is 5.65. The molecule has 0 radical (unpaired) electrons. The first-order valence-corrected chi connectivity index (χ1v) is 8.70. The molecule has 2 heteroatoms. The van der Waals surface area contributed by atoms with Gasteiger partial charge in [0.2, 0.25) is 0 Å². The van der Waals surface area contributed by atoms with Crippen LogP contribution in [0.4, 0.5) is 0 Å². The average Bonchev–Trinajstić information content (AvgIpc) is 2.70. The summed E-state index contributed by atoms with van der Waals surface area (Å²) < 4.78 is 0. The lowest BCUT2D eigenvalue weighted by Gasteiger charge is -2.09. The van der Waals surface area contributed by atoms with Gasteiger partial charge in [-0.25, -0.2) is 9.97 Å². The maximum absolute atomic E-state index is 4.86. The molecule has 1 aromatic heterocycles. The number of fused-ring (bicyclic) bond motifs is 1. The van der Waals surface area contributed by atoms with Crippen molar-refractivity contribution >= 4 is 10.9 Å². The van der Waals surface area contributed by atoms with Crippen LogP contribution in [-0.2, 0) is 0 Å². The molecule has 3 aromatic carbocycles. The second-order valence-electron chi connectivity index (χ2n) is 5.65. The van der Waals surface area contributed by atoms with Gasteiger partial charge in [0.15, 0.2) is 5.82 Å².